The van der Waals surface area contributed by atoms with Crippen LogP contribution in [0.2, 0.25) is 36.6 Å². The van der Waals surface area contributed by atoms with Crippen molar-refractivity contribution in [3.05, 3.63) is 40.4 Å². The minimum Gasteiger partial charge on any atom is -0.147 e. The van der Waals surface area contributed by atoms with Gasteiger partial charge in [-0.15, -0.1) is 24.8 Å². The van der Waals surface area contributed by atoms with Gasteiger partial charge in [0.1, 0.15) is 0 Å². The normalized spacial score (nSPS) is 26.2. The van der Waals surface area contributed by atoms with E-state index < -0.39 is 8.43 Å². The minimum absolute atomic E-state index is 0. The molecule has 0 atom stereocenters. The SMILES string of the molecule is C[C](C)=[Ti]([CH3])([CH3])([CH3])([CH3])([CH3])([CH3])([CH3])([C]1=CC=CC1)[c]1ccc[nH]1.Cl.Cl. The van der Waals surface area contributed by atoms with Gasteiger partial charge in [-0.25, -0.2) is 0 Å². The van der Waals surface area contributed by atoms with Crippen molar-refractivity contribution in [3.8, 4) is 0 Å². The summed E-state index contributed by atoms with van der Waals surface area (Å²) < 4.78 is 4.32. The van der Waals surface area contributed by atoms with E-state index in [1.54, 1.807) is 0 Å². The van der Waals surface area contributed by atoms with Gasteiger partial charge in [0, 0.05) is 0 Å². The number of allylic oxidation sites excluding steroid dienone is 4. The van der Waals surface area contributed by atoms with Crippen LogP contribution in [0.5, 0.6) is 0 Å². The minimum atomic E-state index is -5.70. The Balaban J connectivity index is 0.00000242. The van der Waals surface area contributed by atoms with E-state index in [-0.39, 0.29) is 24.8 Å². The summed E-state index contributed by atoms with van der Waals surface area (Å²) in [7, 11) is -5.70. The molecule has 0 saturated heterocycles. The molecule has 0 spiro atoms. The molecule has 1 nitrogen and oxygen atoms in total. The fourth-order valence-electron chi connectivity index (χ4n) is 4.27. The van der Waals surface area contributed by atoms with Crippen molar-refractivity contribution in [1.29, 1.82) is 0 Å². The van der Waals surface area contributed by atoms with E-state index in [4.69, 9.17) is 0 Å². The Morgan fingerprint density at radius 3 is 1.78 bits per heavy atom. The molecule has 0 saturated carbocycles. The van der Waals surface area contributed by atoms with Crippen molar-refractivity contribution in [1.82, 2.24) is 4.98 Å². The van der Waals surface area contributed by atoms with Gasteiger partial charge in [0.05, 0.1) is 0 Å². The second kappa shape index (κ2) is 2.50. The van der Waals surface area contributed by atoms with E-state index in [1.165, 1.54) is 11.7 Å². The van der Waals surface area contributed by atoms with Gasteiger partial charge in [-0.1, -0.05) is 0 Å². The van der Waals surface area contributed by atoms with E-state index in [9.17, 15) is 0 Å². The Morgan fingerprint density at radius 2 is 1.48 bits per heavy atom. The quantitative estimate of drug-likeness (QED) is 0.505. The summed E-state index contributed by atoms with van der Waals surface area (Å²) >= 11 is 0. The van der Waals surface area contributed by atoms with Gasteiger partial charge in [-0.05, 0) is 0 Å². The number of rotatable bonds is 2. The number of aromatic amines is 1. The number of hydrogen-bond donors (Lipinski definition) is 1. The summed E-state index contributed by atoms with van der Waals surface area (Å²) in [5.41, 5.74) is 0. The Bertz CT molecular complexity index is 959. The number of hydrogen-bond acceptors (Lipinski definition) is 0. The van der Waals surface area contributed by atoms with Crippen LogP contribution in [-0.4, -0.2) is 8.80 Å². The smallest absolute Gasteiger partial charge is 0.147 e. The van der Waals surface area contributed by atoms with Crippen LogP contribution in [0.3, 0.4) is 0 Å². The summed E-state index contributed by atoms with van der Waals surface area (Å²) in [6.45, 7) is 4.65. The number of aromatic nitrogens is 1. The maximum absolute atomic E-state index is 5.70. The Kier molecular flexibility index (Phi) is 2.50. The van der Waals surface area contributed by atoms with Gasteiger partial charge in [0.25, 0.3) is 0 Å². The first-order chi connectivity index (χ1) is 8.55. The standard InChI is InChI=1S/C5H5.C4H4N.C3H6.7CH3.2ClH.Ti/c2*1-2-4-5-3-1;1-3-2;;;;;;;;;;/h1-3H,4H2;1-3,5H;1-2H3;7*1H3;2*1H;. The van der Waals surface area contributed by atoms with Crippen LogP contribution in [-0.2, 0) is 8.43 Å². The molecule has 1 N–H and O–H groups in total. The Morgan fingerprint density at radius 1 is 0.957 bits per heavy atom. The number of nitrogens with one attached hydrogen (secondary N) is 1. The molecule has 1 heterocycles. The maximum atomic E-state index is 3.65. The van der Waals surface area contributed by atoms with Gasteiger partial charge in [-0.3, -0.25) is 0 Å². The third-order valence-corrected chi connectivity index (χ3v) is 38.4. The van der Waals surface area contributed by atoms with Gasteiger partial charge < -0.3 is 0 Å². The van der Waals surface area contributed by atoms with Crippen molar-refractivity contribution < 1.29 is 8.43 Å². The van der Waals surface area contributed by atoms with E-state index in [2.05, 4.69) is 92.0 Å². The summed E-state index contributed by atoms with van der Waals surface area (Å²) in [6.07, 6.45) is 9.93. The first-order valence-corrected chi connectivity index (χ1v) is 21.7. The molecule has 1 aromatic heterocycles. The van der Waals surface area contributed by atoms with E-state index in [0.29, 0.717) is 0 Å². The van der Waals surface area contributed by atoms with Gasteiger partial charge in [-0.2, -0.15) is 0 Å². The second-order valence-electron chi connectivity index (χ2n) is 19.5. The van der Waals surface area contributed by atoms with Crippen LogP contribution >= 0.6 is 24.8 Å². The van der Waals surface area contributed by atoms with Gasteiger partial charge in [0.15, 0.2) is 0 Å². The average molecular weight is 399 g/mol. The van der Waals surface area contributed by atoms with Crippen molar-refractivity contribution in [2.75, 3.05) is 0 Å². The zero-order chi connectivity index (χ0) is 16.7. The van der Waals surface area contributed by atoms with E-state index >= 15 is 0 Å². The zero-order valence-electron chi connectivity index (χ0n) is 16.5. The molecule has 1 aromatic rings. The first kappa shape index (κ1) is 22.9. The van der Waals surface area contributed by atoms with Crippen LogP contribution < -0.4 is 4.00 Å². The van der Waals surface area contributed by atoms with Crippen molar-refractivity contribution in [2.45, 2.75) is 56.9 Å². The molecule has 23 heavy (non-hydrogen) atoms. The van der Waals surface area contributed by atoms with Crippen LogP contribution in [0, 0.1) is 0 Å². The van der Waals surface area contributed by atoms with Crippen LogP contribution in [0.1, 0.15) is 20.3 Å². The molecule has 0 amide bonds. The molecule has 1 aliphatic carbocycles. The van der Waals surface area contributed by atoms with E-state index in [1.807, 2.05) is 0 Å². The van der Waals surface area contributed by atoms with E-state index in [0.717, 1.165) is 6.42 Å². The third kappa shape index (κ3) is 1.89. The maximum Gasteiger partial charge on any atom is -0.147 e. The molecule has 137 valence electrons. The Labute approximate surface area is 142 Å². The fourth-order valence-corrected chi connectivity index (χ4v) is 15.8. The monoisotopic (exact) mass is 398 g/mol. The largest absolute Gasteiger partial charge is 0.147 e. The van der Waals surface area contributed by atoms with Crippen LogP contribution in [0.15, 0.2) is 40.4 Å². The molecular weight excluding hydrogens is 361 g/mol. The first-order valence-electron chi connectivity index (χ1n) is 8.46. The number of H-pyrrole nitrogens is 1. The molecule has 4 heteroatoms. The van der Waals surface area contributed by atoms with Gasteiger partial charge >= 0.3 is 119 Å². The summed E-state index contributed by atoms with van der Waals surface area (Å²) in [4.78, 5) is 3.65. The average Bonchev–Trinajstić information content (AvgIpc) is 2.91. The molecule has 2 rings (SSSR count). The molecule has 0 bridgehead atoms. The third-order valence-electron chi connectivity index (χ3n) is 10.1. The molecule has 0 aliphatic heterocycles. The van der Waals surface area contributed by atoms with Crippen molar-refractivity contribution in [3.63, 3.8) is 0 Å². The fraction of sp³-hybridized carbons (Fsp3) is 0.526. The molecule has 0 fully saturated rings. The van der Waals surface area contributed by atoms with Crippen LogP contribution in [0.4, 0.5) is 0 Å². The zero-order valence-corrected chi connectivity index (χ0v) is 19.7. The van der Waals surface area contributed by atoms with Crippen LogP contribution in [0.25, 0.3) is 0 Å². The molecule has 0 radical (unpaired) electrons. The summed E-state index contributed by atoms with van der Waals surface area (Å²) in [5.74, 6) is 0. The Hall–Kier alpha value is -0.0757. The predicted molar refractivity (Wildman–Crippen MR) is 114 cm³/mol. The molecule has 1 aliphatic rings. The summed E-state index contributed by atoms with van der Waals surface area (Å²) in [6, 6.07) is 4.42. The second-order valence-corrected chi connectivity index (χ2v) is 73.3. The van der Waals surface area contributed by atoms with Gasteiger partial charge in [0.2, 0.25) is 0 Å². The topological polar surface area (TPSA) is 15.8 Å². The molecular formula is C19H38Cl2NTi. The molecule has 0 aromatic carbocycles. The van der Waals surface area contributed by atoms with Crippen molar-refractivity contribution in [2.24, 2.45) is 0 Å². The number of halogens is 2. The summed E-state index contributed by atoms with van der Waals surface area (Å²) in [5, 5.41) is 17.9. The van der Waals surface area contributed by atoms with Crippen molar-refractivity contribution >= 4 is 32.6 Å². The molecule has 0 unspecified atom stereocenters. The predicted octanol–water partition coefficient (Wildman–Crippen LogP) is 7.24.